The molecule has 1 heterocycles. The number of nitrogen functional groups attached to an aromatic ring is 1. The Kier molecular flexibility index (Phi) is 4.64. The van der Waals surface area contributed by atoms with Crippen LogP contribution in [0.3, 0.4) is 0 Å². The molecule has 3 aromatic rings. The van der Waals surface area contributed by atoms with Crippen molar-refractivity contribution in [1.29, 1.82) is 5.41 Å². The Labute approximate surface area is 147 Å². The molecule has 0 fully saturated rings. The Morgan fingerprint density at radius 3 is 2.71 bits per heavy atom. The summed E-state index contributed by atoms with van der Waals surface area (Å²) < 4.78 is 7.28. The van der Waals surface area contributed by atoms with E-state index >= 15 is 0 Å². The molecule has 0 aliphatic heterocycles. The fourth-order valence-corrected chi connectivity index (χ4v) is 2.51. The molecule has 9 heteroatoms. The number of benzene rings is 2. The van der Waals surface area contributed by atoms with Crippen LogP contribution >= 0.6 is 23.2 Å². The molecule has 3 N–H and O–H groups in total. The zero-order valence-corrected chi connectivity index (χ0v) is 13.8. The monoisotopic (exact) mass is 362 g/mol. The van der Waals surface area contributed by atoms with Crippen molar-refractivity contribution in [2.75, 3.05) is 0 Å². The van der Waals surface area contributed by atoms with Crippen LogP contribution in [0.5, 0.6) is 5.75 Å². The van der Waals surface area contributed by atoms with Crippen LogP contribution < -0.4 is 10.5 Å². The van der Waals surface area contributed by atoms with E-state index < -0.39 is 0 Å². The maximum atomic E-state index is 7.56. The number of amidine groups is 1. The number of nitrogens with two attached hydrogens (primary N) is 1. The molecule has 0 amide bonds. The summed E-state index contributed by atoms with van der Waals surface area (Å²) in [4.78, 5) is 0. The number of aromatic nitrogens is 4. The Morgan fingerprint density at radius 1 is 1.21 bits per heavy atom. The second-order valence-corrected chi connectivity index (χ2v) is 5.72. The third-order valence-electron chi connectivity index (χ3n) is 3.26. The Hall–Kier alpha value is -2.64. The van der Waals surface area contributed by atoms with E-state index in [0.717, 1.165) is 5.56 Å². The highest BCUT2D eigenvalue weighted by Gasteiger charge is 2.11. The van der Waals surface area contributed by atoms with Gasteiger partial charge in [0.1, 0.15) is 30.2 Å². The Balaban J connectivity index is 1.91. The molecule has 7 nitrogen and oxygen atoms in total. The van der Waals surface area contributed by atoms with Crippen LogP contribution in [0.4, 0.5) is 0 Å². The third kappa shape index (κ3) is 3.47. The van der Waals surface area contributed by atoms with Gasteiger partial charge in [-0.1, -0.05) is 29.3 Å². The molecule has 0 saturated carbocycles. The van der Waals surface area contributed by atoms with Gasteiger partial charge in [0.25, 0.3) is 0 Å². The number of tetrazole rings is 1. The van der Waals surface area contributed by atoms with Crippen molar-refractivity contribution >= 4 is 29.0 Å². The van der Waals surface area contributed by atoms with Gasteiger partial charge < -0.3 is 10.5 Å². The van der Waals surface area contributed by atoms with E-state index in [-0.39, 0.29) is 12.4 Å². The van der Waals surface area contributed by atoms with Crippen LogP contribution in [-0.2, 0) is 6.61 Å². The van der Waals surface area contributed by atoms with E-state index in [1.807, 2.05) is 0 Å². The van der Waals surface area contributed by atoms with E-state index in [2.05, 4.69) is 15.5 Å². The minimum Gasteiger partial charge on any atom is -0.487 e. The van der Waals surface area contributed by atoms with Crippen LogP contribution in [0.1, 0.15) is 11.1 Å². The molecular formula is C15H12Cl2N6O. The highest BCUT2D eigenvalue weighted by Crippen LogP contribution is 2.27. The molecule has 0 aliphatic rings. The minimum absolute atomic E-state index is 0.0587. The standard InChI is InChI=1S/C15H12Cl2N6O/c16-11-3-1-10(12(17)6-11)7-24-14-4-2-9(15(18)19)5-13(14)23-8-20-21-22-23/h1-6,8H,7H2,(H3,18,19). The van der Waals surface area contributed by atoms with E-state index in [1.165, 1.54) is 11.0 Å². The molecule has 0 spiro atoms. The van der Waals surface area contributed by atoms with E-state index in [0.29, 0.717) is 27.0 Å². The Bertz CT molecular complexity index is 882. The highest BCUT2D eigenvalue weighted by atomic mass is 35.5. The lowest BCUT2D eigenvalue weighted by Gasteiger charge is -2.13. The SMILES string of the molecule is N=C(N)c1ccc(OCc2ccc(Cl)cc2Cl)c(-n2cnnn2)c1. The molecule has 122 valence electrons. The molecule has 3 rings (SSSR count). The van der Waals surface area contributed by atoms with Crippen LogP contribution in [0, 0.1) is 5.41 Å². The van der Waals surface area contributed by atoms with Crippen molar-refractivity contribution in [2.45, 2.75) is 6.61 Å². The summed E-state index contributed by atoms with van der Waals surface area (Å²) in [5, 5.41) is 19.7. The molecule has 0 unspecified atom stereocenters. The predicted octanol–water partition coefficient (Wildman–Crippen LogP) is 2.83. The molecule has 0 atom stereocenters. The number of nitrogens with zero attached hydrogens (tertiary/aromatic N) is 4. The number of ether oxygens (including phenoxy) is 1. The lowest BCUT2D eigenvalue weighted by atomic mass is 10.1. The lowest BCUT2D eigenvalue weighted by molar-refractivity contribution is 0.304. The van der Waals surface area contributed by atoms with Gasteiger partial charge in [0.15, 0.2) is 0 Å². The summed E-state index contributed by atoms with van der Waals surface area (Å²) in [6.07, 6.45) is 1.43. The fraction of sp³-hybridized carbons (Fsp3) is 0.0667. The van der Waals surface area contributed by atoms with Crippen molar-refractivity contribution in [3.8, 4) is 11.4 Å². The largest absolute Gasteiger partial charge is 0.487 e. The maximum Gasteiger partial charge on any atom is 0.145 e. The first-order valence-electron chi connectivity index (χ1n) is 6.83. The van der Waals surface area contributed by atoms with Crippen molar-refractivity contribution < 1.29 is 4.74 Å². The predicted molar refractivity (Wildman–Crippen MR) is 91.0 cm³/mol. The van der Waals surface area contributed by atoms with Crippen molar-refractivity contribution in [3.63, 3.8) is 0 Å². The van der Waals surface area contributed by atoms with Gasteiger partial charge in [0.2, 0.25) is 0 Å². The van der Waals surface area contributed by atoms with Gasteiger partial charge in [0.05, 0.1) is 0 Å². The van der Waals surface area contributed by atoms with Gasteiger partial charge in [0, 0.05) is 21.2 Å². The van der Waals surface area contributed by atoms with Crippen LogP contribution in [-0.4, -0.2) is 26.0 Å². The molecule has 0 radical (unpaired) electrons. The lowest BCUT2D eigenvalue weighted by Crippen LogP contribution is -2.12. The van der Waals surface area contributed by atoms with E-state index in [1.54, 1.807) is 36.4 Å². The quantitative estimate of drug-likeness (QED) is 0.536. The summed E-state index contributed by atoms with van der Waals surface area (Å²) in [7, 11) is 0. The van der Waals surface area contributed by atoms with Gasteiger partial charge in [-0.2, -0.15) is 4.68 Å². The number of nitrogens with one attached hydrogen (secondary N) is 1. The van der Waals surface area contributed by atoms with Gasteiger partial charge in [-0.05, 0) is 40.8 Å². The molecule has 0 saturated heterocycles. The van der Waals surface area contributed by atoms with Crippen LogP contribution in [0.2, 0.25) is 10.0 Å². The number of halogens is 2. The topological polar surface area (TPSA) is 103 Å². The second kappa shape index (κ2) is 6.86. The first-order chi connectivity index (χ1) is 11.5. The molecule has 0 bridgehead atoms. The highest BCUT2D eigenvalue weighted by molar-refractivity contribution is 6.35. The number of hydrogen-bond donors (Lipinski definition) is 2. The summed E-state index contributed by atoms with van der Waals surface area (Å²) in [5.41, 5.74) is 7.43. The smallest absolute Gasteiger partial charge is 0.145 e. The molecule has 0 aliphatic carbocycles. The van der Waals surface area contributed by atoms with E-state index in [9.17, 15) is 0 Å². The van der Waals surface area contributed by atoms with E-state index in [4.69, 9.17) is 39.1 Å². The number of hydrogen-bond acceptors (Lipinski definition) is 5. The van der Waals surface area contributed by atoms with Gasteiger partial charge in [-0.15, -0.1) is 5.10 Å². The summed E-state index contributed by atoms with van der Waals surface area (Å²) in [5.74, 6) is 0.468. The molecule has 1 aromatic heterocycles. The number of rotatable bonds is 5. The normalized spacial score (nSPS) is 10.6. The zero-order chi connectivity index (χ0) is 17.1. The van der Waals surface area contributed by atoms with Gasteiger partial charge in [-0.3, -0.25) is 5.41 Å². The van der Waals surface area contributed by atoms with Gasteiger partial charge >= 0.3 is 0 Å². The third-order valence-corrected chi connectivity index (χ3v) is 3.85. The Morgan fingerprint density at radius 2 is 2.04 bits per heavy atom. The average Bonchev–Trinajstić information content (AvgIpc) is 3.08. The summed E-state index contributed by atoms with van der Waals surface area (Å²) in [6.45, 7) is 0.241. The molecule has 2 aromatic carbocycles. The fourth-order valence-electron chi connectivity index (χ4n) is 2.05. The average molecular weight is 363 g/mol. The van der Waals surface area contributed by atoms with Crippen LogP contribution in [0.25, 0.3) is 5.69 Å². The second-order valence-electron chi connectivity index (χ2n) is 4.87. The summed E-state index contributed by atoms with van der Waals surface area (Å²) >= 11 is 12.0. The molecule has 24 heavy (non-hydrogen) atoms. The first-order valence-corrected chi connectivity index (χ1v) is 7.58. The van der Waals surface area contributed by atoms with Crippen LogP contribution in [0.15, 0.2) is 42.7 Å². The molecular weight excluding hydrogens is 351 g/mol. The van der Waals surface area contributed by atoms with Gasteiger partial charge in [-0.25, -0.2) is 0 Å². The first kappa shape index (κ1) is 16.2. The van der Waals surface area contributed by atoms with Crippen molar-refractivity contribution in [2.24, 2.45) is 5.73 Å². The summed E-state index contributed by atoms with van der Waals surface area (Å²) in [6, 6.07) is 10.3. The van der Waals surface area contributed by atoms with Crippen molar-refractivity contribution in [3.05, 3.63) is 63.9 Å². The van der Waals surface area contributed by atoms with Crippen molar-refractivity contribution in [1.82, 2.24) is 20.2 Å². The zero-order valence-electron chi connectivity index (χ0n) is 12.3. The maximum absolute atomic E-state index is 7.56. The minimum atomic E-state index is -0.0587.